The first-order chi connectivity index (χ1) is 9.47. The van der Waals surface area contributed by atoms with Gasteiger partial charge in [-0.3, -0.25) is 0 Å². The van der Waals surface area contributed by atoms with E-state index in [1.165, 1.54) is 11.1 Å². The Hall–Kier alpha value is -1.67. The molecule has 0 radical (unpaired) electrons. The Balaban J connectivity index is 2.10. The van der Waals surface area contributed by atoms with Gasteiger partial charge in [-0.2, -0.15) is 0 Å². The summed E-state index contributed by atoms with van der Waals surface area (Å²) in [4.78, 5) is 0. The van der Waals surface area contributed by atoms with Crippen molar-refractivity contribution >= 4 is 0 Å². The zero-order valence-corrected chi connectivity index (χ0v) is 12.6. The molecule has 0 aromatic heterocycles. The number of rotatable bonds is 4. The summed E-state index contributed by atoms with van der Waals surface area (Å²) < 4.78 is 13.6. The summed E-state index contributed by atoms with van der Waals surface area (Å²) >= 11 is 0. The van der Waals surface area contributed by atoms with Crippen molar-refractivity contribution in [3.8, 4) is 0 Å². The molecule has 0 spiro atoms. The summed E-state index contributed by atoms with van der Waals surface area (Å²) in [6.07, 6.45) is 0. The van der Waals surface area contributed by atoms with Gasteiger partial charge in [0.1, 0.15) is 5.82 Å². The zero-order chi connectivity index (χ0) is 14.7. The van der Waals surface area contributed by atoms with Gasteiger partial charge < -0.3 is 5.32 Å². The van der Waals surface area contributed by atoms with Gasteiger partial charge in [0.25, 0.3) is 0 Å². The Labute approximate surface area is 120 Å². The van der Waals surface area contributed by atoms with E-state index in [-0.39, 0.29) is 17.9 Å². The summed E-state index contributed by atoms with van der Waals surface area (Å²) in [5, 5.41) is 3.52. The lowest BCUT2D eigenvalue weighted by molar-refractivity contribution is 0.491. The third-order valence-corrected chi connectivity index (χ3v) is 3.74. The van der Waals surface area contributed by atoms with Gasteiger partial charge in [0, 0.05) is 12.1 Å². The molecular formula is C18H22FN. The smallest absolute Gasteiger partial charge is 0.126 e. The van der Waals surface area contributed by atoms with Gasteiger partial charge in [0.15, 0.2) is 0 Å². The Kier molecular flexibility index (Phi) is 4.56. The summed E-state index contributed by atoms with van der Waals surface area (Å²) in [6, 6.07) is 14.2. The molecule has 1 nitrogen and oxygen atoms in total. The fourth-order valence-corrected chi connectivity index (χ4v) is 2.39. The quantitative estimate of drug-likeness (QED) is 0.837. The zero-order valence-electron chi connectivity index (χ0n) is 12.6. The first-order valence-corrected chi connectivity index (χ1v) is 7.06. The Morgan fingerprint density at radius 2 is 1.55 bits per heavy atom. The monoisotopic (exact) mass is 271 g/mol. The van der Waals surface area contributed by atoms with Crippen LogP contribution in [0.3, 0.4) is 0 Å². The molecule has 20 heavy (non-hydrogen) atoms. The van der Waals surface area contributed by atoms with Gasteiger partial charge in [-0.25, -0.2) is 4.39 Å². The van der Waals surface area contributed by atoms with Gasteiger partial charge in [0.05, 0.1) is 0 Å². The van der Waals surface area contributed by atoms with Crippen molar-refractivity contribution in [1.29, 1.82) is 0 Å². The van der Waals surface area contributed by atoms with Crippen LogP contribution in [0.25, 0.3) is 0 Å². The number of benzene rings is 2. The highest BCUT2D eigenvalue weighted by Crippen LogP contribution is 2.21. The number of halogens is 1. The van der Waals surface area contributed by atoms with Gasteiger partial charge in [0.2, 0.25) is 0 Å². The van der Waals surface area contributed by atoms with Gasteiger partial charge >= 0.3 is 0 Å². The normalized spacial score (nSPS) is 14.1. The van der Waals surface area contributed by atoms with Crippen LogP contribution in [-0.4, -0.2) is 0 Å². The number of hydrogen-bond acceptors (Lipinski definition) is 1. The van der Waals surface area contributed by atoms with Crippen LogP contribution in [0, 0.1) is 19.7 Å². The van der Waals surface area contributed by atoms with E-state index in [4.69, 9.17) is 0 Å². The second-order valence-electron chi connectivity index (χ2n) is 5.53. The van der Waals surface area contributed by atoms with Crippen molar-refractivity contribution in [3.05, 3.63) is 70.5 Å². The van der Waals surface area contributed by atoms with Crippen LogP contribution in [0.15, 0.2) is 42.5 Å². The summed E-state index contributed by atoms with van der Waals surface area (Å²) in [5.74, 6) is -0.139. The Bertz CT molecular complexity index is 592. The summed E-state index contributed by atoms with van der Waals surface area (Å²) in [5.41, 5.74) is 4.18. The molecule has 0 fully saturated rings. The van der Waals surface area contributed by atoms with E-state index >= 15 is 0 Å². The predicted octanol–water partition coefficient (Wildman–Crippen LogP) is 4.85. The number of hydrogen-bond donors (Lipinski definition) is 1. The van der Waals surface area contributed by atoms with E-state index in [2.05, 4.69) is 50.4 Å². The minimum Gasteiger partial charge on any atom is -0.304 e. The average Bonchev–Trinajstić information content (AvgIpc) is 2.41. The molecule has 2 unspecified atom stereocenters. The number of aryl methyl sites for hydroxylation is 2. The van der Waals surface area contributed by atoms with Crippen molar-refractivity contribution in [1.82, 2.24) is 5.32 Å². The molecule has 0 amide bonds. The molecule has 2 heteroatoms. The molecule has 0 bridgehead atoms. The summed E-state index contributed by atoms with van der Waals surface area (Å²) in [7, 11) is 0. The third kappa shape index (κ3) is 3.45. The minimum atomic E-state index is -0.139. The van der Waals surface area contributed by atoms with Crippen LogP contribution < -0.4 is 5.32 Å². The van der Waals surface area contributed by atoms with E-state index in [1.54, 1.807) is 13.0 Å². The van der Waals surface area contributed by atoms with E-state index < -0.39 is 0 Å². The van der Waals surface area contributed by atoms with Crippen molar-refractivity contribution < 1.29 is 4.39 Å². The lowest BCUT2D eigenvalue weighted by Gasteiger charge is -2.21. The SMILES string of the molecule is Cc1cccc(C(C)NC(C)c2ccc(C)c(F)c2)c1. The molecule has 0 aliphatic rings. The van der Waals surface area contributed by atoms with E-state index in [1.807, 2.05) is 12.1 Å². The molecule has 0 saturated heterocycles. The lowest BCUT2D eigenvalue weighted by atomic mass is 10.0. The second-order valence-corrected chi connectivity index (χ2v) is 5.53. The third-order valence-electron chi connectivity index (χ3n) is 3.74. The van der Waals surface area contributed by atoms with Crippen LogP contribution in [-0.2, 0) is 0 Å². The van der Waals surface area contributed by atoms with E-state index in [0.29, 0.717) is 5.56 Å². The minimum absolute atomic E-state index is 0.112. The van der Waals surface area contributed by atoms with Crippen molar-refractivity contribution in [2.45, 2.75) is 39.8 Å². The lowest BCUT2D eigenvalue weighted by Crippen LogP contribution is -2.22. The maximum absolute atomic E-state index is 13.6. The molecule has 2 atom stereocenters. The predicted molar refractivity (Wildman–Crippen MR) is 82.3 cm³/mol. The summed E-state index contributed by atoms with van der Waals surface area (Å²) in [6.45, 7) is 8.08. The topological polar surface area (TPSA) is 12.0 Å². The molecule has 0 saturated carbocycles. The molecule has 0 aliphatic heterocycles. The van der Waals surface area contributed by atoms with Crippen LogP contribution in [0.5, 0.6) is 0 Å². The highest BCUT2D eigenvalue weighted by molar-refractivity contribution is 5.27. The molecule has 2 rings (SSSR count). The maximum atomic E-state index is 13.6. The first-order valence-electron chi connectivity index (χ1n) is 7.06. The van der Waals surface area contributed by atoms with Crippen molar-refractivity contribution in [3.63, 3.8) is 0 Å². The Morgan fingerprint density at radius 1 is 0.900 bits per heavy atom. The fourth-order valence-electron chi connectivity index (χ4n) is 2.39. The van der Waals surface area contributed by atoms with Crippen LogP contribution in [0.4, 0.5) is 4.39 Å². The molecule has 1 N–H and O–H groups in total. The van der Waals surface area contributed by atoms with Crippen LogP contribution in [0.2, 0.25) is 0 Å². The molecule has 0 heterocycles. The molecule has 106 valence electrons. The highest BCUT2D eigenvalue weighted by atomic mass is 19.1. The van der Waals surface area contributed by atoms with Gasteiger partial charge in [-0.1, -0.05) is 42.0 Å². The second kappa shape index (κ2) is 6.19. The largest absolute Gasteiger partial charge is 0.304 e. The van der Waals surface area contributed by atoms with Gasteiger partial charge in [-0.15, -0.1) is 0 Å². The van der Waals surface area contributed by atoms with Gasteiger partial charge in [-0.05, 0) is 50.5 Å². The molecular weight excluding hydrogens is 249 g/mol. The first kappa shape index (κ1) is 14.7. The molecule has 2 aromatic rings. The van der Waals surface area contributed by atoms with E-state index in [9.17, 15) is 4.39 Å². The van der Waals surface area contributed by atoms with Crippen LogP contribution >= 0.6 is 0 Å². The van der Waals surface area contributed by atoms with Crippen molar-refractivity contribution in [2.75, 3.05) is 0 Å². The maximum Gasteiger partial charge on any atom is 0.126 e. The standard InChI is InChI=1S/C18H22FN/c1-12-6-5-7-16(10-12)14(3)20-15(4)17-9-8-13(2)18(19)11-17/h5-11,14-15,20H,1-4H3. The molecule has 0 aliphatic carbocycles. The average molecular weight is 271 g/mol. The number of nitrogens with one attached hydrogen (secondary N) is 1. The highest BCUT2D eigenvalue weighted by Gasteiger charge is 2.12. The fraction of sp³-hybridized carbons (Fsp3) is 0.333. The Morgan fingerprint density at radius 3 is 2.15 bits per heavy atom. The molecule has 2 aromatic carbocycles. The van der Waals surface area contributed by atoms with Crippen LogP contribution in [0.1, 0.15) is 48.2 Å². The van der Waals surface area contributed by atoms with E-state index in [0.717, 1.165) is 5.56 Å². The van der Waals surface area contributed by atoms with Crippen molar-refractivity contribution in [2.24, 2.45) is 0 Å².